The molecule has 0 saturated heterocycles. The Labute approximate surface area is 122 Å². The summed E-state index contributed by atoms with van der Waals surface area (Å²) in [5, 5.41) is 13.6. The number of rotatable bonds is 5. The molecule has 0 heterocycles. The molecule has 21 heavy (non-hydrogen) atoms. The van der Waals surface area contributed by atoms with Gasteiger partial charge in [0.15, 0.2) is 5.78 Å². The van der Waals surface area contributed by atoms with Crippen molar-refractivity contribution in [1.29, 1.82) is 0 Å². The molecule has 1 unspecified atom stereocenters. The van der Waals surface area contributed by atoms with Crippen LogP contribution in [0.3, 0.4) is 0 Å². The third-order valence-corrected chi connectivity index (χ3v) is 3.16. The van der Waals surface area contributed by atoms with E-state index < -0.39 is 11.0 Å². The van der Waals surface area contributed by atoms with Gasteiger partial charge in [-0.05, 0) is 32.0 Å². The van der Waals surface area contributed by atoms with Crippen molar-refractivity contribution in [2.75, 3.05) is 5.32 Å². The van der Waals surface area contributed by atoms with Gasteiger partial charge in [-0.25, -0.2) is 0 Å². The molecule has 0 saturated carbocycles. The number of nitro benzene ring substituents is 1. The second kappa shape index (κ2) is 6.17. The summed E-state index contributed by atoms with van der Waals surface area (Å²) in [5.41, 5.74) is 2.38. The molecule has 2 aromatic rings. The highest BCUT2D eigenvalue weighted by atomic mass is 16.6. The van der Waals surface area contributed by atoms with Crippen LogP contribution >= 0.6 is 0 Å². The predicted octanol–water partition coefficient (Wildman–Crippen LogP) is 3.59. The van der Waals surface area contributed by atoms with E-state index in [2.05, 4.69) is 5.32 Å². The zero-order valence-electron chi connectivity index (χ0n) is 11.9. The molecule has 1 N–H and O–H groups in total. The van der Waals surface area contributed by atoms with E-state index in [-0.39, 0.29) is 11.5 Å². The number of nitrogens with one attached hydrogen (secondary N) is 1. The maximum Gasteiger partial charge on any atom is 0.269 e. The standard InChI is InChI=1S/C16H16N2O3/c1-11-4-3-5-13(10-11)16(19)12(2)17-14-6-8-15(9-7-14)18(20)21/h3-10,12,17H,1-2H3. The van der Waals surface area contributed by atoms with E-state index in [0.29, 0.717) is 11.3 Å². The molecule has 0 amide bonds. The number of benzene rings is 2. The summed E-state index contributed by atoms with van der Waals surface area (Å²) in [7, 11) is 0. The molecule has 2 aromatic carbocycles. The second-order valence-corrected chi connectivity index (χ2v) is 4.90. The number of nitrogens with zero attached hydrogens (tertiary/aromatic N) is 1. The van der Waals surface area contributed by atoms with Crippen molar-refractivity contribution in [2.24, 2.45) is 0 Å². The Morgan fingerprint density at radius 3 is 2.43 bits per heavy atom. The Morgan fingerprint density at radius 2 is 1.86 bits per heavy atom. The SMILES string of the molecule is Cc1cccc(C(=O)C(C)Nc2ccc([N+](=O)[O-])cc2)c1. The summed E-state index contributed by atoms with van der Waals surface area (Å²) in [5.74, 6) is -0.0166. The Hall–Kier alpha value is -2.69. The molecule has 1 atom stereocenters. The van der Waals surface area contributed by atoms with Crippen molar-refractivity contribution < 1.29 is 9.72 Å². The quantitative estimate of drug-likeness (QED) is 0.517. The summed E-state index contributed by atoms with van der Waals surface area (Å²) in [6, 6.07) is 13.0. The van der Waals surface area contributed by atoms with E-state index in [0.717, 1.165) is 5.56 Å². The van der Waals surface area contributed by atoms with Crippen molar-refractivity contribution in [3.8, 4) is 0 Å². The van der Waals surface area contributed by atoms with Gasteiger partial charge in [-0.3, -0.25) is 14.9 Å². The number of ketones is 1. The van der Waals surface area contributed by atoms with Gasteiger partial charge in [0, 0.05) is 23.4 Å². The molecule has 0 radical (unpaired) electrons. The third kappa shape index (κ3) is 3.66. The van der Waals surface area contributed by atoms with Gasteiger partial charge in [0.25, 0.3) is 5.69 Å². The summed E-state index contributed by atoms with van der Waals surface area (Å²) >= 11 is 0. The molecule has 0 fully saturated rings. The molecule has 2 rings (SSSR count). The number of non-ortho nitro benzene ring substituents is 1. The van der Waals surface area contributed by atoms with Gasteiger partial charge in [-0.15, -0.1) is 0 Å². The van der Waals surface area contributed by atoms with Crippen molar-refractivity contribution in [2.45, 2.75) is 19.9 Å². The topological polar surface area (TPSA) is 72.2 Å². The summed E-state index contributed by atoms with van der Waals surface area (Å²) < 4.78 is 0. The van der Waals surface area contributed by atoms with Crippen LogP contribution in [-0.2, 0) is 0 Å². The number of carbonyl (C=O) groups is 1. The summed E-state index contributed by atoms with van der Waals surface area (Å²) in [6.45, 7) is 3.71. The highest BCUT2D eigenvalue weighted by Crippen LogP contribution is 2.17. The van der Waals surface area contributed by atoms with Crippen LogP contribution in [0.25, 0.3) is 0 Å². The molecule has 0 aromatic heterocycles. The lowest BCUT2D eigenvalue weighted by atomic mass is 10.0. The normalized spacial score (nSPS) is 11.7. The maximum absolute atomic E-state index is 12.3. The fourth-order valence-electron chi connectivity index (χ4n) is 2.04. The van der Waals surface area contributed by atoms with Crippen LogP contribution in [0.5, 0.6) is 0 Å². The zero-order chi connectivity index (χ0) is 15.4. The molecule has 0 spiro atoms. The Morgan fingerprint density at radius 1 is 1.19 bits per heavy atom. The van der Waals surface area contributed by atoms with Crippen molar-refractivity contribution in [3.63, 3.8) is 0 Å². The molecule has 5 heteroatoms. The molecular formula is C16H16N2O3. The predicted molar refractivity (Wildman–Crippen MR) is 81.7 cm³/mol. The highest BCUT2D eigenvalue weighted by molar-refractivity contribution is 6.01. The molecule has 0 aliphatic carbocycles. The largest absolute Gasteiger partial charge is 0.375 e. The number of aryl methyl sites for hydroxylation is 1. The first-order chi connectivity index (χ1) is 9.97. The van der Waals surface area contributed by atoms with E-state index in [1.807, 2.05) is 25.1 Å². The average molecular weight is 284 g/mol. The van der Waals surface area contributed by atoms with Crippen LogP contribution in [0, 0.1) is 17.0 Å². The van der Waals surface area contributed by atoms with Gasteiger partial charge in [0.05, 0.1) is 11.0 Å². The van der Waals surface area contributed by atoms with Crippen molar-refractivity contribution in [1.82, 2.24) is 0 Å². The van der Waals surface area contributed by atoms with Gasteiger partial charge in [-0.1, -0.05) is 23.8 Å². The van der Waals surface area contributed by atoms with Crippen LogP contribution in [0.15, 0.2) is 48.5 Å². The average Bonchev–Trinajstić information content (AvgIpc) is 2.47. The molecule has 0 aliphatic heterocycles. The third-order valence-electron chi connectivity index (χ3n) is 3.16. The van der Waals surface area contributed by atoms with E-state index in [1.165, 1.54) is 12.1 Å². The minimum Gasteiger partial charge on any atom is -0.375 e. The minimum absolute atomic E-state index is 0.0166. The smallest absolute Gasteiger partial charge is 0.269 e. The molecule has 108 valence electrons. The van der Waals surface area contributed by atoms with Gasteiger partial charge < -0.3 is 5.32 Å². The van der Waals surface area contributed by atoms with Gasteiger partial charge in [-0.2, -0.15) is 0 Å². The van der Waals surface area contributed by atoms with Crippen LogP contribution in [0.2, 0.25) is 0 Å². The first kappa shape index (κ1) is 14.7. The van der Waals surface area contributed by atoms with Gasteiger partial charge in [0.2, 0.25) is 0 Å². The molecular weight excluding hydrogens is 268 g/mol. The fraction of sp³-hybridized carbons (Fsp3) is 0.188. The molecule has 0 aliphatic rings. The van der Waals surface area contributed by atoms with E-state index in [1.54, 1.807) is 25.1 Å². The first-order valence-electron chi connectivity index (χ1n) is 6.59. The highest BCUT2D eigenvalue weighted by Gasteiger charge is 2.15. The van der Waals surface area contributed by atoms with Crippen LogP contribution in [0.1, 0.15) is 22.8 Å². The van der Waals surface area contributed by atoms with Crippen LogP contribution in [-0.4, -0.2) is 16.7 Å². The van der Waals surface area contributed by atoms with E-state index >= 15 is 0 Å². The fourth-order valence-corrected chi connectivity index (χ4v) is 2.04. The Balaban J connectivity index is 2.08. The lowest BCUT2D eigenvalue weighted by Gasteiger charge is -2.14. The zero-order valence-corrected chi connectivity index (χ0v) is 11.9. The summed E-state index contributed by atoms with van der Waals surface area (Å²) in [4.78, 5) is 22.4. The second-order valence-electron chi connectivity index (χ2n) is 4.90. The number of anilines is 1. The van der Waals surface area contributed by atoms with E-state index in [9.17, 15) is 14.9 Å². The number of hydrogen-bond donors (Lipinski definition) is 1. The van der Waals surface area contributed by atoms with Gasteiger partial charge >= 0.3 is 0 Å². The molecule has 0 bridgehead atoms. The Bertz CT molecular complexity index is 665. The van der Waals surface area contributed by atoms with Crippen molar-refractivity contribution >= 4 is 17.2 Å². The van der Waals surface area contributed by atoms with Gasteiger partial charge in [0.1, 0.15) is 0 Å². The number of nitro groups is 1. The van der Waals surface area contributed by atoms with Crippen molar-refractivity contribution in [3.05, 3.63) is 69.8 Å². The van der Waals surface area contributed by atoms with E-state index in [4.69, 9.17) is 0 Å². The Kier molecular flexibility index (Phi) is 4.33. The number of Topliss-reactive ketones (excluding diaryl/α,β-unsaturated/α-hetero) is 1. The number of carbonyl (C=O) groups excluding carboxylic acids is 1. The minimum atomic E-state index is -0.453. The van der Waals surface area contributed by atoms with Crippen LogP contribution in [0.4, 0.5) is 11.4 Å². The monoisotopic (exact) mass is 284 g/mol. The lowest BCUT2D eigenvalue weighted by Crippen LogP contribution is -2.26. The molecule has 5 nitrogen and oxygen atoms in total. The summed E-state index contributed by atoms with van der Waals surface area (Å²) in [6.07, 6.45) is 0. The van der Waals surface area contributed by atoms with Crippen LogP contribution < -0.4 is 5.32 Å². The number of hydrogen-bond acceptors (Lipinski definition) is 4. The maximum atomic E-state index is 12.3. The lowest BCUT2D eigenvalue weighted by molar-refractivity contribution is -0.384. The first-order valence-corrected chi connectivity index (χ1v) is 6.59.